The van der Waals surface area contributed by atoms with Crippen LogP contribution >= 0.6 is 0 Å². The molecule has 0 fully saturated rings. The molecule has 0 saturated heterocycles. The van der Waals surface area contributed by atoms with Gasteiger partial charge in [0.1, 0.15) is 5.75 Å². The van der Waals surface area contributed by atoms with E-state index in [-0.39, 0.29) is 12.6 Å². The van der Waals surface area contributed by atoms with Gasteiger partial charge in [-0.3, -0.25) is 0 Å². The van der Waals surface area contributed by atoms with Crippen LogP contribution in [0.25, 0.3) is 0 Å². The first-order chi connectivity index (χ1) is 6.81. The van der Waals surface area contributed by atoms with Crippen molar-refractivity contribution in [3.05, 3.63) is 29.3 Å². The Morgan fingerprint density at radius 1 is 1.50 bits per heavy atom. The summed E-state index contributed by atoms with van der Waals surface area (Å²) >= 11 is 0. The van der Waals surface area contributed by atoms with E-state index in [1.807, 2.05) is 12.1 Å². The Kier molecular flexibility index (Phi) is 2.70. The minimum atomic E-state index is -0.0640. The highest BCUT2D eigenvalue weighted by atomic mass is 16.5. The van der Waals surface area contributed by atoms with Gasteiger partial charge in [0.2, 0.25) is 0 Å². The highest BCUT2D eigenvalue weighted by molar-refractivity contribution is 5.40. The van der Waals surface area contributed by atoms with Crippen LogP contribution in [-0.4, -0.2) is 18.3 Å². The van der Waals surface area contributed by atoms with Crippen LogP contribution < -0.4 is 10.5 Å². The summed E-state index contributed by atoms with van der Waals surface area (Å²) in [5.41, 5.74) is 8.22. The van der Waals surface area contributed by atoms with E-state index in [2.05, 4.69) is 6.07 Å². The molecular weight excluding hydrogens is 178 g/mol. The largest absolute Gasteiger partial charge is 0.493 e. The van der Waals surface area contributed by atoms with Gasteiger partial charge >= 0.3 is 0 Å². The summed E-state index contributed by atoms with van der Waals surface area (Å²) in [6.07, 6.45) is 1.58. The maximum atomic E-state index is 8.79. The van der Waals surface area contributed by atoms with Gasteiger partial charge in [0.15, 0.2) is 0 Å². The first-order valence-corrected chi connectivity index (χ1v) is 4.93. The highest BCUT2D eigenvalue weighted by Gasteiger charge is 2.14. The Morgan fingerprint density at radius 3 is 3.14 bits per heavy atom. The summed E-state index contributed by atoms with van der Waals surface area (Å²) in [4.78, 5) is 0. The minimum absolute atomic E-state index is 0.0640. The highest BCUT2D eigenvalue weighted by Crippen LogP contribution is 2.28. The lowest BCUT2D eigenvalue weighted by Crippen LogP contribution is -2.11. The van der Waals surface area contributed by atoms with E-state index in [0.29, 0.717) is 6.42 Å². The Morgan fingerprint density at radius 2 is 2.36 bits per heavy atom. The summed E-state index contributed by atoms with van der Waals surface area (Å²) < 4.78 is 5.40. The van der Waals surface area contributed by atoms with Crippen molar-refractivity contribution in [2.45, 2.75) is 18.9 Å². The first kappa shape index (κ1) is 9.49. The molecule has 0 aromatic heterocycles. The van der Waals surface area contributed by atoms with Crippen molar-refractivity contribution in [3.8, 4) is 5.75 Å². The van der Waals surface area contributed by atoms with Crippen LogP contribution in [0.4, 0.5) is 0 Å². The van der Waals surface area contributed by atoms with Crippen LogP contribution in [0.3, 0.4) is 0 Å². The second-order valence-corrected chi connectivity index (χ2v) is 3.58. The van der Waals surface area contributed by atoms with Crippen molar-refractivity contribution in [2.24, 2.45) is 5.73 Å². The Bertz CT molecular complexity index is 325. The van der Waals surface area contributed by atoms with Gasteiger partial charge in [-0.05, 0) is 23.6 Å². The monoisotopic (exact) mass is 193 g/mol. The van der Waals surface area contributed by atoms with Crippen LogP contribution in [-0.2, 0) is 6.42 Å². The molecule has 0 unspecified atom stereocenters. The van der Waals surface area contributed by atoms with E-state index >= 15 is 0 Å². The Balaban J connectivity index is 2.19. The summed E-state index contributed by atoms with van der Waals surface area (Å²) in [7, 11) is 0. The number of aliphatic hydroxyl groups is 1. The maximum absolute atomic E-state index is 8.79. The average Bonchev–Trinajstić information content (AvgIpc) is 2.64. The van der Waals surface area contributed by atoms with E-state index in [1.165, 1.54) is 5.56 Å². The third-order valence-electron chi connectivity index (χ3n) is 2.58. The van der Waals surface area contributed by atoms with Crippen molar-refractivity contribution >= 4 is 0 Å². The van der Waals surface area contributed by atoms with Crippen molar-refractivity contribution < 1.29 is 9.84 Å². The molecule has 1 atom stereocenters. The molecule has 3 N–H and O–H groups in total. The predicted molar refractivity (Wildman–Crippen MR) is 54.3 cm³/mol. The molecule has 1 aliphatic rings. The van der Waals surface area contributed by atoms with Crippen molar-refractivity contribution in [2.75, 3.05) is 13.2 Å². The molecule has 1 aromatic rings. The maximum Gasteiger partial charge on any atom is 0.122 e. The van der Waals surface area contributed by atoms with Gasteiger partial charge in [0, 0.05) is 19.1 Å². The smallest absolute Gasteiger partial charge is 0.122 e. The van der Waals surface area contributed by atoms with Gasteiger partial charge < -0.3 is 15.6 Å². The van der Waals surface area contributed by atoms with Gasteiger partial charge in [-0.15, -0.1) is 0 Å². The molecule has 14 heavy (non-hydrogen) atoms. The van der Waals surface area contributed by atoms with Gasteiger partial charge in [0.25, 0.3) is 0 Å². The second-order valence-electron chi connectivity index (χ2n) is 3.58. The molecule has 2 rings (SSSR count). The molecule has 1 aromatic carbocycles. The number of fused-ring (bicyclic) bond motifs is 1. The van der Waals surface area contributed by atoms with Gasteiger partial charge in [0.05, 0.1) is 6.61 Å². The fraction of sp³-hybridized carbons (Fsp3) is 0.455. The van der Waals surface area contributed by atoms with Gasteiger partial charge in [-0.25, -0.2) is 0 Å². The number of nitrogens with two attached hydrogens (primary N) is 1. The number of hydrogen-bond acceptors (Lipinski definition) is 3. The zero-order valence-corrected chi connectivity index (χ0v) is 8.07. The number of ether oxygens (including phenoxy) is 1. The number of benzene rings is 1. The summed E-state index contributed by atoms with van der Waals surface area (Å²) in [6, 6.07) is 5.97. The normalized spacial score (nSPS) is 16.1. The lowest BCUT2D eigenvalue weighted by Gasteiger charge is -2.11. The fourth-order valence-electron chi connectivity index (χ4n) is 1.74. The van der Waals surface area contributed by atoms with Crippen molar-refractivity contribution in [3.63, 3.8) is 0 Å². The molecule has 0 amide bonds. The van der Waals surface area contributed by atoms with Crippen LogP contribution in [0.1, 0.15) is 23.6 Å². The van der Waals surface area contributed by atoms with E-state index in [1.54, 1.807) is 0 Å². The summed E-state index contributed by atoms with van der Waals surface area (Å²) in [5.74, 6) is 0.977. The number of aliphatic hydroxyl groups excluding tert-OH is 1. The minimum Gasteiger partial charge on any atom is -0.493 e. The number of rotatable bonds is 3. The van der Waals surface area contributed by atoms with Crippen LogP contribution in [0, 0.1) is 0 Å². The quantitative estimate of drug-likeness (QED) is 0.753. The molecule has 1 aliphatic heterocycles. The lowest BCUT2D eigenvalue weighted by molar-refractivity contribution is 0.276. The third-order valence-corrected chi connectivity index (χ3v) is 2.58. The van der Waals surface area contributed by atoms with Crippen LogP contribution in [0.2, 0.25) is 0 Å². The SMILES string of the molecule is N[C@@H](CCO)c1ccc2c(c1)CCO2. The standard InChI is InChI=1S/C11H15NO2/c12-10(3-5-13)8-1-2-11-9(7-8)4-6-14-11/h1-2,7,10,13H,3-6,12H2/t10-/m0/s1. The lowest BCUT2D eigenvalue weighted by atomic mass is 10.0. The topological polar surface area (TPSA) is 55.5 Å². The molecule has 0 bridgehead atoms. The average molecular weight is 193 g/mol. The molecule has 0 radical (unpaired) electrons. The zero-order chi connectivity index (χ0) is 9.97. The zero-order valence-electron chi connectivity index (χ0n) is 8.07. The number of hydrogen-bond donors (Lipinski definition) is 2. The van der Waals surface area contributed by atoms with E-state index in [9.17, 15) is 0 Å². The Hall–Kier alpha value is -1.06. The molecule has 76 valence electrons. The molecule has 3 heteroatoms. The van der Waals surface area contributed by atoms with E-state index in [0.717, 1.165) is 24.3 Å². The van der Waals surface area contributed by atoms with Crippen LogP contribution in [0.5, 0.6) is 5.75 Å². The molecular formula is C11H15NO2. The third kappa shape index (κ3) is 1.74. The molecule has 0 aliphatic carbocycles. The van der Waals surface area contributed by atoms with E-state index < -0.39 is 0 Å². The van der Waals surface area contributed by atoms with E-state index in [4.69, 9.17) is 15.6 Å². The summed E-state index contributed by atoms with van der Waals surface area (Å²) in [6.45, 7) is 0.906. The van der Waals surface area contributed by atoms with Gasteiger partial charge in [-0.2, -0.15) is 0 Å². The molecule has 1 heterocycles. The van der Waals surface area contributed by atoms with Gasteiger partial charge in [-0.1, -0.05) is 12.1 Å². The van der Waals surface area contributed by atoms with Crippen LogP contribution in [0.15, 0.2) is 18.2 Å². The Labute approximate surface area is 83.5 Å². The fourth-order valence-corrected chi connectivity index (χ4v) is 1.74. The first-order valence-electron chi connectivity index (χ1n) is 4.93. The predicted octanol–water partition coefficient (Wildman–Crippen LogP) is 1.00. The molecule has 3 nitrogen and oxygen atoms in total. The second kappa shape index (κ2) is 3.98. The van der Waals surface area contributed by atoms with Crippen molar-refractivity contribution in [1.29, 1.82) is 0 Å². The molecule has 0 saturated carbocycles. The summed E-state index contributed by atoms with van der Waals surface area (Å²) in [5, 5.41) is 8.79. The van der Waals surface area contributed by atoms with Crippen molar-refractivity contribution in [1.82, 2.24) is 0 Å². The molecule has 0 spiro atoms.